The van der Waals surface area contributed by atoms with E-state index in [-0.39, 0.29) is 5.38 Å². The molecule has 0 radical (unpaired) electrons. The van der Waals surface area contributed by atoms with Gasteiger partial charge in [0.25, 0.3) is 0 Å². The molecule has 110 valence electrons. The van der Waals surface area contributed by atoms with E-state index in [1.54, 1.807) is 0 Å². The third-order valence-corrected chi connectivity index (χ3v) is 3.69. The molecule has 0 amide bonds. The predicted molar refractivity (Wildman–Crippen MR) is 87.4 cm³/mol. The van der Waals surface area contributed by atoms with Crippen LogP contribution in [-0.4, -0.2) is 22.8 Å². The standard InChI is InChI=1S/C15H20BrClN2O/c1-10(2)9-20-7-6-19-14-5-4-12(16)8-13(14)18-15(19)11(3)17/h4-5,8,10-11H,6-7,9H2,1-3H3. The Kier molecular flexibility index (Phi) is 5.47. The Bertz CT molecular complexity index is 581. The Morgan fingerprint density at radius 2 is 2.10 bits per heavy atom. The second-order valence-electron chi connectivity index (χ2n) is 5.34. The molecule has 0 saturated heterocycles. The number of nitrogens with zero attached hydrogens (tertiary/aromatic N) is 2. The number of ether oxygens (including phenoxy) is 1. The fourth-order valence-corrected chi connectivity index (χ4v) is 2.65. The summed E-state index contributed by atoms with van der Waals surface area (Å²) < 4.78 is 8.85. The minimum atomic E-state index is -0.119. The molecule has 0 aliphatic carbocycles. The molecular formula is C15H20BrClN2O. The molecule has 0 bridgehead atoms. The highest BCUT2D eigenvalue weighted by atomic mass is 79.9. The number of hydrogen-bond donors (Lipinski definition) is 0. The van der Waals surface area contributed by atoms with Crippen molar-refractivity contribution >= 4 is 38.6 Å². The van der Waals surface area contributed by atoms with Crippen LogP contribution in [0.2, 0.25) is 0 Å². The van der Waals surface area contributed by atoms with Crippen LogP contribution in [0.5, 0.6) is 0 Å². The van der Waals surface area contributed by atoms with E-state index in [0.717, 1.165) is 34.5 Å². The van der Waals surface area contributed by atoms with Gasteiger partial charge in [0.2, 0.25) is 0 Å². The first kappa shape index (κ1) is 15.8. The number of halogens is 2. The molecule has 1 aromatic carbocycles. The Morgan fingerprint density at radius 3 is 2.75 bits per heavy atom. The fourth-order valence-electron chi connectivity index (χ4n) is 2.14. The van der Waals surface area contributed by atoms with Gasteiger partial charge >= 0.3 is 0 Å². The Labute approximate surface area is 133 Å². The van der Waals surface area contributed by atoms with Crippen molar-refractivity contribution in [3.8, 4) is 0 Å². The summed E-state index contributed by atoms with van der Waals surface area (Å²) in [5, 5.41) is -0.119. The van der Waals surface area contributed by atoms with Crippen LogP contribution >= 0.6 is 27.5 Å². The van der Waals surface area contributed by atoms with E-state index < -0.39 is 0 Å². The van der Waals surface area contributed by atoms with Gasteiger partial charge in [-0.1, -0.05) is 29.8 Å². The average Bonchev–Trinajstić information content (AvgIpc) is 2.72. The fraction of sp³-hybridized carbons (Fsp3) is 0.533. The summed E-state index contributed by atoms with van der Waals surface area (Å²) in [6.45, 7) is 8.48. The first-order chi connectivity index (χ1) is 9.49. The van der Waals surface area contributed by atoms with Crippen LogP contribution in [0.25, 0.3) is 11.0 Å². The van der Waals surface area contributed by atoms with Gasteiger partial charge in [-0.2, -0.15) is 0 Å². The van der Waals surface area contributed by atoms with Crippen LogP contribution in [-0.2, 0) is 11.3 Å². The number of aromatic nitrogens is 2. The van der Waals surface area contributed by atoms with Gasteiger partial charge in [-0.05, 0) is 31.0 Å². The van der Waals surface area contributed by atoms with Crippen molar-refractivity contribution < 1.29 is 4.74 Å². The van der Waals surface area contributed by atoms with Gasteiger partial charge < -0.3 is 9.30 Å². The maximum absolute atomic E-state index is 6.25. The number of benzene rings is 1. The topological polar surface area (TPSA) is 27.1 Å². The molecule has 1 aromatic heterocycles. The quantitative estimate of drug-likeness (QED) is 0.548. The summed E-state index contributed by atoms with van der Waals surface area (Å²) in [4.78, 5) is 4.63. The third-order valence-electron chi connectivity index (χ3n) is 3.01. The highest BCUT2D eigenvalue weighted by molar-refractivity contribution is 9.10. The lowest BCUT2D eigenvalue weighted by Gasteiger charge is -2.12. The summed E-state index contributed by atoms with van der Waals surface area (Å²) in [5.74, 6) is 1.45. The molecule has 3 nitrogen and oxygen atoms in total. The zero-order valence-corrected chi connectivity index (χ0v) is 14.4. The van der Waals surface area contributed by atoms with E-state index in [1.165, 1.54) is 0 Å². The van der Waals surface area contributed by atoms with Crippen molar-refractivity contribution in [2.75, 3.05) is 13.2 Å². The molecule has 20 heavy (non-hydrogen) atoms. The minimum absolute atomic E-state index is 0.119. The zero-order valence-electron chi connectivity index (χ0n) is 12.1. The van der Waals surface area contributed by atoms with Gasteiger partial charge in [0.05, 0.1) is 23.0 Å². The average molecular weight is 360 g/mol. The maximum atomic E-state index is 6.25. The van der Waals surface area contributed by atoms with E-state index in [9.17, 15) is 0 Å². The molecule has 1 heterocycles. The SMILES string of the molecule is CC(C)COCCn1c(C(C)Cl)nc2cc(Br)ccc21. The van der Waals surface area contributed by atoms with Crippen LogP contribution in [0.15, 0.2) is 22.7 Å². The summed E-state index contributed by atoms with van der Waals surface area (Å²) in [6, 6.07) is 6.11. The highest BCUT2D eigenvalue weighted by Crippen LogP contribution is 2.26. The summed E-state index contributed by atoms with van der Waals surface area (Å²) in [6.07, 6.45) is 0. The molecule has 0 aliphatic rings. The lowest BCUT2D eigenvalue weighted by molar-refractivity contribution is 0.103. The molecule has 1 unspecified atom stereocenters. The summed E-state index contributed by atoms with van der Waals surface area (Å²) in [7, 11) is 0. The Morgan fingerprint density at radius 1 is 1.35 bits per heavy atom. The molecule has 0 N–H and O–H groups in total. The normalized spacial score (nSPS) is 13.3. The summed E-state index contributed by atoms with van der Waals surface area (Å²) >= 11 is 9.72. The van der Waals surface area contributed by atoms with Gasteiger partial charge in [-0.25, -0.2) is 4.98 Å². The van der Waals surface area contributed by atoms with Crippen molar-refractivity contribution in [1.29, 1.82) is 0 Å². The molecule has 5 heteroatoms. The Balaban J connectivity index is 2.22. The number of hydrogen-bond acceptors (Lipinski definition) is 2. The molecule has 0 aliphatic heterocycles. The molecule has 0 fully saturated rings. The molecule has 1 atom stereocenters. The number of rotatable bonds is 6. The predicted octanol–water partition coefficient (Wildman–Crippen LogP) is 4.77. The second kappa shape index (κ2) is 6.92. The lowest BCUT2D eigenvalue weighted by atomic mass is 10.2. The van der Waals surface area contributed by atoms with E-state index in [2.05, 4.69) is 45.4 Å². The number of fused-ring (bicyclic) bond motifs is 1. The zero-order chi connectivity index (χ0) is 14.7. The molecule has 2 aromatic rings. The minimum Gasteiger partial charge on any atom is -0.379 e. The first-order valence-electron chi connectivity index (χ1n) is 6.86. The van der Waals surface area contributed by atoms with E-state index in [1.807, 2.05) is 19.1 Å². The molecule has 2 rings (SSSR count). The van der Waals surface area contributed by atoms with Gasteiger partial charge in [-0.3, -0.25) is 0 Å². The number of alkyl halides is 1. The van der Waals surface area contributed by atoms with Crippen LogP contribution in [0.3, 0.4) is 0 Å². The monoisotopic (exact) mass is 358 g/mol. The lowest BCUT2D eigenvalue weighted by Crippen LogP contribution is -2.12. The van der Waals surface area contributed by atoms with Crippen LogP contribution in [0.4, 0.5) is 0 Å². The third kappa shape index (κ3) is 3.74. The molecule has 0 spiro atoms. The van der Waals surface area contributed by atoms with Crippen LogP contribution in [0.1, 0.15) is 32.0 Å². The summed E-state index contributed by atoms with van der Waals surface area (Å²) in [5.41, 5.74) is 2.06. The molecule has 0 saturated carbocycles. The highest BCUT2D eigenvalue weighted by Gasteiger charge is 2.14. The van der Waals surface area contributed by atoms with E-state index in [4.69, 9.17) is 16.3 Å². The van der Waals surface area contributed by atoms with E-state index in [0.29, 0.717) is 12.5 Å². The first-order valence-corrected chi connectivity index (χ1v) is 8.09. The van der Waals surface area contributed by atoms with Gasteiger partial charge in [0.15, 0.2) is 0 Å². The van der Waals surface area contributed by atoms with Crippen LogP contribution in [0, 0.1) is 5.92 Å². The van der Waals surface area contributed by atoms with Crippen molar-refractivity contribution in [3.63, 3.8) is 0 Å². The maximum Gasteiger partial charge on any atom is 0.127 e. The van der Waals surface area contributed by atoms with Crippen LogP contribution < -0.4 is 0 Å². The van der Waals surface area contributed by atoms with Crippen molar-refractivity contribution in [1.82, 2.24) is 9.55 Å². The van der Waals surface area contributed by atoms with Gasteiger partial charge in [0.1, 0.15) is 5.82 Å². The second-order valence-corrected chi connectivity index (χ2v) is 6.91. The smallest absolute Gasteiger partial charge is 0.127 e. The van der Waals surface area contributed by atoms with E-state index >= 15 is 0 Å². The largest absolute Gasteiger partial charge is 0.379 e. The van der Waals surface area contributed by atoms with Crippen molar-refractivity contribution in [2.24, 2.45) is 5.92 Å². The number of imidazole rings is 1. The Hall–Kier alpha value is -0.580. The molecular weight excluding hydrogens is 340 g/mol. The van der Waals surface area contributed by atoms with Gasteiger partial charge in [-0.15, -0.1) is 11.6 Å². The van der Waals surface area contributed by atoms with Crippen molar-refractivity contribution in [2.45, 2.75) is 32.7 Å². The van der Waals surface area contributed by atoms with Gasteiger partial charge in [0, 0.05) is 17.6 Å². The van der Waals surface area contributed by atoms with Crippen molar-refractivity contribution in [3.05, 3.63) is 28.5 Å².